The number of rotatable bonds is 4. The molecule has 0 spiro atoms. The van der Waals surface area contributed by atoms with E-state index in [1.807, 2.05) is 4.90 Å². The average Bonchev–Trinajstić information content (AvgIpc) is 2.23. The van der Waals surface area contributed by atoms with E-state index in [9.17, 15) is 13.2 Å². The first-order chi connectivity index (χ1) is 9.09. The molecule has 3 nitrogen and oxygen atoms in total. The summed E-state index contributed by atoms with van der Waals surface area (Å²) in [5.41, 5.74) is 0.148. The van der Waals surface area contributed by atoms with Gasteiger partial charge in [0.15, 0.2) is 0 Å². The summed E-state index contributed by atoms with van der Waals surface area (Å²) >= 11 is 0. The molecule has 1 aliphatic rings. The van der Waals surface area contributed by atoms with E-state index >= 15 is 0 Å². The highest BCUT2D eigenvalue weighted by atomic mass is 19.4. The number of halogens is 3. The highest BCUT2D eigenvalue weighted by Gasteiger charge is 2.33. The summed E-state index contributed by atoms with van der Waals surface area (Å²) in [6.45, 7) is 7.04. The number of nitrogens with one attached hydrogen (secondary N) is 1. The summed E-state index contributed by atoms with van der Waals surface area (Å²) in [7, 11) is 0. The second-order valence-corrected chi connectivity index (χ2v) is 6.91. The van der Waals surface area contributed by atoms with Crippen molar-refractivity contribution in [3.63, 3.8) is 0 Å². The van der Waals surface area contributed by atoms with Crippen molar-refractivity contribution < 1.29 is 13.2 Å². The third kappa shape index (κ3) is 7.11. The largest absolute Gasteiger partial charge is 0.401 e. The first-order valence-electron chi connectivity index (χ1n) is 6.98. The maximum atomic E-state index is 12.3. The average molecular weight is 291 g/mol. The van der Waals surface area contributed by atoms with Crippen molar-refractivity contribution in [2.24, 2.45) is 11.3 Å². The number of nitrogens with zero attached hydrogens (tertiary/aromatic N) is 2. The molecule has 1 fully saturated rings. The Kier molecular flexibility index (Phi) is 5.84. The minimum absolute atomic E-state index is 0.148. The Hall–Kier alpha value is -0.800. The summed E-state index contributed by atoms with van der Waals surface area (Å²) in [6, 6.07) is 1.90. The first kappa shape index (κ1) is 17.3. The molecule has 2 unspecified atom stereocenters. The van der Waals surface area contributed by atoms with Crippen LogP contribution in [0.3, 0.4) is 0 Å². The predicted molar refractivity (Wildman–Crippen MR) is 72.1 cm³/mol. The van der Waals surface area contributed by atoms with Crippen LogP contribution < -0.4 is 5.32 Å². The minimum Gasteiger partial charge on any atom is -0.305 e. The van der Waals surface area contributed by atoms with Gasteiger partial charge in [0.05, 0.1) is 19.2 Å². The molecule has 6 heteroatoms. The maximum absolute atomic E-state index is 12.3. The van der Waals surface area contributed by atoms with E-state index in [4.69, 9.17) is 5.26 Å². The zero-order chi connectivity index (χ0) is 15.4. The molecular formula is C14H24F3N3. The molecule has 1 rings (SSSR count). The van der Waals surface area contributed by atoms with Crippen LogP contribution in [-0.4, -0.2) is 43.3 Å². The molecule has 0 bridgehead atoms. The Bertz CT molecular complexity index is 341. The van der Waals surface area contributed by atoms with Gasteiger partial charge in [0.1, 0.15) is 0 Å². The summed E-state index contributed by atoms with van der Waals surface area (Å²) in [6.07, 6.45) is -2.48. The van der Waals surface area contributed by atoms with E-state index in [0.717, 1.165) is 19.4 Å². The molecule has 0 aliphatic carbocycles. The Labute approximate surface area is 119 Å². The Balaban J connectivity index is 2.59. The highest BCUT2D eigenvalue weighted by molar-refractivity contribution is 4.89. The van der Waals surface area contributed by atoms with E-state index in [2.05, 4.69) is 32.2 Å². The molecule has 0 saturated carbocycles. The highest BCUT2D eigenvalue weighted by Crippen LogP contribution is 2.30. The van der Waals surface area contributed by atoms with Gasteiger partial charge in [-0.25, -0.2) is 0 Å². The topological polar surface area (TPSA) is 39.1 Å². The van der Waals surface area contributed by atoms with Gasteiger partial charge < -0.3 is 5.32 Å². The maximum Gasteiger partial charge on any atom is 0.401 e. The third-order valence-corrected chi connectivity index (χ3v) is 3.40. The van der Waals surface area contributed by atoms with Gasteiger partial charge in [-0.1, -0.05) is 20.8 Å². The normalized spacial score (nSPS) is 25.4. The molecule has 1 heterocycles. The van der Waals surface area contributed by atoms with Gasteiger partial charge in [0, 0.05) is 19.1 Å². The van der Waals surface area contributed by atoms with Crippen molar-refractivity contribution in [3.05, 3.63) is 0 Å². The van der Waals surface area contributed by atoms with Crippen LogP contribution in [0.2, 0.25) is 0 Å². The molecule has 20 heavy (non-hydrogen) atoms. The van der Waals surface area contributed by atoms with Crippen LogP contribution >= 0.6 is 0 Å². The molecule has 0 aromatic rings. The standard InChI is InChI=1S/C14H24F3N3/c1-13(2,3)7-11-6-12(19-10-14(15,16)17)9-20(8-11)5-4-18/h11-12,19H,5-10H2,1-3H3. The molecule has 0 aromatic carbocycles. The zero-order valence-electron chi connectivity index (χ0n) is 12.4. The lowest BCUT2D eigenvalue weighted by atomic mass is 9.80. The van der Waals surface area contributed by atoms with Crippen molar-refractivity contribution in [2.75, 3.05) is 26.2 Å². The first-order valence-corrected chi connectivity index (χ1v) is 6.98. The van der Waals surface area contributed by atoms with Crippen LogP contribution in [0.1, 0.15) is 33.6 Å². The van der Waals surface area contributed by atoms with E-state index in [1.165, 1.54) is 0 Å². The van der Waals surface area contributed by atoms with Crippen molar-refractivity contribution in [2.45, 2.75) is 45.8 Å². The van der Waals surface area contributed by atoms with Crippen molar-refractivity contribution in [1.82, 2.24) is 10.2 Å². The lowest BCUT2D eigenvalue weighted by molar-refractivity contribution is -0.127. The zero-order valence-corrected chi connectivity index (χ0v) is 12.4. The van der Waals surface area contributed by atoms with Gasteiger partial charge in [0.25, 0.3) is 0 Å². The number of piperidine rings is 1. The molecule has 0 aromatic heterocycles. The van der Waals surface area contributed by atoms with Gasteiger partial charge in [-0.3, -0.25) is 4.90 Å². The number of hydrogen-bond donors (Lipinski definition) is 1. The van der Waals surface area contributed by atoms with E-state index in [0.29, 0.717) is 12.5 Å². The lowest BCUT2D eigenvalue weighted by Gasteiger charge is -2.39. The van der Waals surface area contributed by atoms with E-state index < -0.39 is 12.7 Å². The van der Waals surface area contributed by atoms with Crippen molar-refractivity contribution >= 4 is 0 Å². The van der Waals surface area contributed by atoms with Crippen LogP contribution in [0.25, 0.3) is 0 Å². The summed E-state index contributed by atoms with van der Waals surface area (Å²) in [5, 5.41) is 11.4. The van der Waals surface area contributed by atoms with Crippen LogP contribution in [0, 0.1) is 22.7 Å². The molecule has 1 N–H and O–H groups in total. The number of likely N-dealkylation sites (tertiary alicyclic amines) is 1. The predicted octanol–water partition coefficient (Wildman–Crippen LogP) is 2.79. The Morgan fingerprint density at radius 3 is 2.40 bits per heavy atom. The number of hydrogen-bond acceptors (Lipinski definition) is 3. The van der Waals surface area contributed by atoms with E-state index in [-0.39, 0.29) is 18.0 Å². The van der Waals surface area contributed by atoms with Gasteiger partial charge >= 0.3 is 6.18 Å². The second kappa shape index (κ2) is 6.77. The molecular weight excluding hydrogens is 267 g/mol. The van der Waals surface area contributed by atoms with Crippen LogP contribution in [0.15, 0.2) is 0 Å². The summed E-state index contributed by atoms with van der Waals surface area (Å²) in [5.74, 6) is 0.336. The Morgan fingerprint density at radius 1 is 1.25 bits per heavy atom. The van der Waals surface area contributed by atoms with Crippen molar-refractivity contribution in [1.29, 1.82) is 5.26 Å². The minimum atomic E-state index is -4.18. The Morgan fingerprint density at radius 2 is 1.90 bits per heavy atom. The fourth-order valence-electron chi connectivity index (χ4n) is 2.95. The SMILES string of the molecule is CC(C)(C)CC1CC(NCC(F)(F)F)CN(CC#N)C1. The molecule has 1 saturated heterocycles. The smallest absolute Gasteiger partial charge is 0.305 e. The van der Waals surface area contributed by atoms with Crippen molar-refractivity contribution in [3.8, 4) is 6.07 Å². The van der Waals surface area contributed by atoms with Gasteiger partial charge in [-0.05, 0) is 24.2 Å². The summed E-state index contributed by atoms with van der Waals surface area (Å²) < 4.78 is 36.9. The quantitative estimate of drug-likeness (QED) is 0.810. The molecule has 116 valence electrons. The fourth-order valence-corrected chi connectivity index (χ4v) is 2.95. The second-order valence-electron chi connectivity index (χ2n) is 6.91. The van der Waals surface area contributed by atoms with E-state index in [1.54, 1.807) is 0 Å². The monoisotopic (exact) mass is 291 g/mol. The number of nitriles is 1. The molecule has 2 atom stereocenters. The third-order valence-electron chi connectivity index (χ3n) is 3.40. The molecule has 0 amide bonds. The fraction of sp³-hybridized carbons (Fsp3) is 0.929. The van der Waals surface area contributed by atoms with Gasteiger partial charge in [0.2, 0.25) is 0 Å². The van der Waals surface area contributed by atoms with Crippen LogP contribution in [0.5, 0.6) is 0 Å². The molecule has 1 aliphatic heterocycles. The molecule has 0 radical (unpaired) electrons. The van der Waals surface area contributed by atoms with Crippen LogP contribution in [-0.2, 0) is 0 Å². The number of alkyl halides is 3. The summed E-state index contributed by atoms with van der Waals surface area (Å²) in [4.78, 5) is 1.95. The lowest BCUT2D eigenvalue weighted by Crippen LogP contribution is -2.51. The van der Waals surface area contributed by atoms with Crippen LogP contribution in [0.4, 0.5) is 13.2 Å². The van der Waals surface area contributed by atoms with Gasteiger partial charge in [-0.2, -0.15) is 18.4 Å². The van der Waals surface area contributed by atoms with Gasteiger partial charge in [-0.15, -0.1) is 0 Å².